The Kier molecular flexibility index (Phi) is 5.93. The smallest absolute Gasteiger partial charge is 0.225 e. The first-order valence-electron chi connectivity index (χ1n) is 10.2. The molecular formula is C24H26N4O2. The SMILES string of the molecule is COc1ccccc1NC(=O)CC1(c2ccccc2)CCN(c2ncccn2)CC1. The van der Waals surface area contributed by atoms with Crippen LogP contribution in [0, 0.1) is 0 Å². The van der Waals surface area contributed by atoms with Gasteiger partial charge in [-0.3, -0.25) is 4.79 Å². The summed E-state index contributed by atoms with van der Waals surface area (Å²) in [5.74, 6) is 1.40. The van der Waals surface area contributed by atoms with Crippen LogP contribution in [0.5, 0.6) is 5.75 Å². The normalized spacial score (nSPS) is 15.4. The fourth-order valence-electron chi connectivity index (χ4n) is 4.20. The molecule has 2 aromatic carbocycles. The molecule has 1 aromatic heterocycles. The van der Waals surface area contributed by atoms with Gasteiger partial charge in [-0.2, -0.15) is 0 Å². The van der Waals surface area contributed by atoms with E-state index in [1.165, 1.54) is 5.56 Å². The predicted octanol–water partition coefficient (Wildman–Crippen LogP) is 4.05. The number of hydrogen-bond acceptors (Lipinski definition) is 5. The topological polar surface area (TPSA) is 67.3 Å². The standard InChI is InChI=1S/C24H26N4O2/c1-30-21-11-6-5-10-20(21)27-22(29)18-24(19-8-3-2-4-9-19)12-16-28(17-13-24)23-25-14-7-15-26-23/h2-11,14-15H,12-13,16-18H2,1H3,(H,27,29). The number of nitrogens with one attached hydrogen (secondary N) is 1. The maximum atomic E-state index is 13.1. The van der Waals surface area contributed by atoms with Gasteiger partial charge in [0.25, 0.3) is 0 Å². The number of piperidine rings is 1. The minimum atomic E-state index is -0.224. The predicted molar refractivity (Wildman–Crippen MR) is 118 cm³/mol. The third-order valence-electron chi connectivity index (χ3n) is 5.82. The first-order valence-corrected chi connectivity index (χ1v) is 10.2. The number of carbonyl (C=O) groups excluding carboxylic acids is 1. The number of nitrogens with zero attached hydrogens (tertiary/aromatic N) is 3. The van der Waals surface area contributed by atoms with Crippen molar-refractivity contribution in [2.24, 2.45) is 0 Å². The molecule has 1 amide bonds. The molecule has 0 radical (unpaired) electrons. The molecule has 0 unspecified atom stereocenters. The van der Waals surface area contributed by atoms with E-state index in [4.69, 9.17) is 4.74 Å². The van der Waals surface area contributed by atoms with Crippen LogP contribution in [0.1, 0.15) is 24.8 Å². The average molecular weight is 402 g/mol. The number of hydrogen-bond donors (Lipinski definition) is 1. The fraction of sp³-hybridized carbons (Fsp3) is 0.292. The summed E-state index contributed by atoms with van der Waals surface area (Å²) in [6, 6.07) is 19.7. The summed E-state index contributed by atoms with van der Waals surface area (Å²) in [6.07, 6.45) is 5.66. The minimum Gasteiger partial charge on any atom is -0.495 e. The molecule has 0 spiro atoms. The van der Waals surface area contributed by atoms with E-state index in [0.29, 0.717) is 17.9 Å². The molecule has 154 valence electrons. The van der Waals surface area contributed by atoms with Crippen LogP contribution in [0.15, 0.2) is 73.1 Å². The molecule has 1 N–H and O–H groups in total. The summed E-state index contributed by atoms with van der Waals surface area (Å²) in [7, 11) is 1.61. The molecule has 0 bridgehead atoms. The number of carbonyl (C=O) groups is 1. The molecule has 1 aliphatic heterocycles. The molecule has 0 atom stereocenters. The lowest BCUT2D eigenvalue weighted by molar-refractivity contribution is -0.117. The zero-order valence-electron chi connectivity index (χ0n) is 17.1. The second-order valence-corrected chi connectivity index (χ2v) is 7.61. The van der Waals surface area contributed by atoms with E-state index in [-0.39, 0.29) is 11.3 Å². The number of amides is 1. The van der Waals surface area contributed by atoms with E-state index in [9.17, 15) is 4.79 Å². The van der Waals surface area contributed by atoms with Gasteiger partial charge in [0.2, 0.25) is 11.9 Å². The average Bonchev–Trinajstić information content (AvgIpc) is 2.81. The minimum absolute atomic E-state index is 0.00670. The van der Waals surface area contributed by atoms with E-state index < -0.39 is 0 Å². The highest BCUT2D eigenvalue weighted by molar-refractivity contribution is 5.93. The zero-order valence-corrected chi connectivity index (χ0v) is 17.1. The first-order chi connectivity index (χ1) is 14.7. The third-order valence-corrected chi connectivity index (χ3v) is 5.82. The Morgan fingerprint density at radius 2 is 1.67 bits per heavy atom. The number of para-hydroxylation sites is 2. The van der Waals surface area contributed by atoms with Crippen LogP contribution in [-0.2, 0) is 10.2 Å². The number of anilines is 2. The number of benzene rings is 2. The van der Waals surface area contributed by atoms with E-state index in [0.717, 1.165) is 31.9 Å². The van der Waals surface area contributed by atoms with Crippen molar-refractivity contribution in [3.8, 4) is 5.75 Å². The van der Waals surface area contributed by atoms with Gasteiger partial charge in [-0.05, 0) is 36.6 Å². The van der Waals surface area contributed by atoms with Crippen molar-refractivity contribution in [2.45, 2.75) is 24.7 Å². The van der Waals surface area contributed by atoms with Gasteiger partial charge in [-0.15, -0.1) is 0 Å². The van der Waals surface area contributed by atoms with Crippen LogP contribution >= 0.6 is 0 Å². The second kappa shape index (κ2) is 8.95. The lowest BCUT2D eigenvalue weighted by Crippen LogP contribution is -2.45. The highest BCUT2D eigenvalue weighted by Gasteiger charge is 2.38. The molecule has 1 saturated heterocycles. The van der Waals surface area contributed by atoms with E-state index in [1.54, 1.807) is 19.5 Å². The summed E-state index contributed by atoms with van der Waals surface area (Å²) < 4.78 is 5.37. The molecule has 6 heteroatoms. The van der Waals surface area contributed by atoms with Crippen molar-refractivity contribution in [3.63, 3.8) is 0 Å². The monoisotopic (exact) mass is 402 g/mol. The lowest BCUT2D eigenvalue weighted by Gasteiger charge is -2.42. The number of aromatic nitrogens is 2. The molecule has 1 fully saturated rings. The Hall–Kier alpha value is -3.41. The van der Waals surface area contributed by atoms with Crippen LogP contribution in [0.3, 0.4) is 0 Å². The Balaban J connectivity index is 1.53. The molecule has 4 rings (SSSR count). The Bertz CT molecular complexity index is 971. The largest absolute Gasteiger partial charge is 0.495 e. The van der Waals surface area contributed by atoms with Crippen molar-refractivity contribution in [1.82, 2.24) is 9.97 Å². The van der Waals surface area contributed by atoms with Gasteiger partial charge in [0.05, 0.1) is 12.8 Å². The molecule has 30 heavy (non-hydrogen) atoms. The van der Waals surface area contributed by atoms with Gasteiger partial charge < -0.3 is 15.0 Å². The maximum absolute atomic E-state index is 13.1. The Labute approximate surface area is 176 Å². The van der Waals surface area contributed by atoms with Crippen molar-refractivity contribution in [2.75, 3.05) is 30.4 Å². The maximum Gasteiger partial charge on any atom is 0.225 e. The summed E-state index contributed by atoms with van der Waals surface area (Å²) in [5, 5.41) is 3.04. The van der Waals surface area contributed by atoms with Crippen molar-refractivity contribution < 1.29 is 9.53 Å². The molecule has 3 aromatic rings. The van der Waals surface area contributed by atoms with E-state index >= 15 is 0 Å². The van der Waals surface area contributed by atoms with Gasteiger partial charge >= 0.3 is 0 Å². The second-order valence-electron chi connectivity index (χ2n) is 7.61. The quantitative estimate of drug-likeness (QED) is 0.674. The zero-order chi connectivity index (χ0) is 20.8. The van der Waals surface area contributed by atoms with Crippen molar-refractivity contribution >= 4 is 17.5 Å². The molecule has 6 nitrogen and oxygen atoms in total. The van der Waals surface area contributed by atoms with Gasteiger partial charge in [-0.25, -0.2) is 9.97 Å². The lowest BCUT2D eigenvalue weighted by atomic mass is 9.70. The molecule has 0 saturated carbocycles. The molecule has 1 aliphatic rings. The van der Waals surface area contributed by atoms with Gasteiger partial charge in [0.1, 0.15) is 5.75 Å². The van der Waals surface area contributed by atoms with Crippen molar-refractivity contribution in [3.05, 3.63) is 78.6 Å². The fourth-order valence-corrected chi connectivity index (χ4v) is 4.20. The van der Waals surface area contributed by atoms with Crippen LogP contribution in [0.25, 0.3) is 0 Å². The van der Waals surface area contributed by atoms with Crippen LogP contribution in [0.4, 0.5) is 11.6 Å². The third kappa shape index (κ3) is 4.27. The van der Waals surface area contributed by atoms with E-state index in [1.807, 2.05) is 48.5 Å². The van der Waals surface area contributed by atoms with Crippen LogP contribution in [-0.4, -0.2) is 36.1 Å². The van der Waals surface area contributed by atoms with Gasteiger partial charge in [-0.1, -0.05) is 42.5 Å². The highest BCUT2D eigenvalue weighted by Crippen LogP contribution is 2.39. The molecule has 0 aliphatic carbocycles. The van der Waals surface area contributed by atoms with Gasteiger partial charge in [0.15, 0.2) is 0 Å². The number of ether oxygens (including phenoxy) is 1. The highest BCUT2D eigenvalue weighted by atomic mass is 16.5. The summed E-state index contributed by atoms with van der Waals surface area (Å²) >= 11 is 0. The first kappa shape index (κ1) is 19.9. The van der Waals surface area contributed by atoms with Crippen LogP contribution < -0.4 is 15.0 Å². The molecular weight excluding hydrogens is 376 g/mol. The van der Waals surface area contributed by atoms with Gasteiger partial charge in [0, 0.05) is 37.3 Å². The summed E-state index contributed by atoms with van der Waals surface area (Å²) in [6.45, 7) is 1.61. The Morgan fingerprint density at radius 1 is 1.00 bits per heavy atom. The Morgan fingerprint density at radius 3 is 2.37 bits per heavy atom. The van der Waals surface area contributed by atoms with Crippen molar-refractivity contribution in [1.29, 1.82) is 0 Å². The molecule has 2 heterocycles. The summed E-state index contributed by atoms with van der Waals surface area (Å²) in [4.78, 5) is 24.0. The summed E-state index contributed by atoms with van der Waals surface area (Å²) in [5.41, 5.74) is 1.68. The van der Waals surface area contributed by atoms with Crippen LogP contribution in [0.2, 0.25) is 0 Å². The number of methoxy groups -OCH3 is 1. The van der Waals surface area contributed by atoms with E-state index in [2.05, 4.69) is 32.3 Å². The number of rotatable bonds is 6.